The zero-order valence-electron chi connectivity index (χ0n) is 29.2. The van der Waals surface area contributed by atoms with Gasteiger partial charge in [-0.15, -0.1) is 0 Å². The predicted molar refractivity (Wildman–Crippen MR) is 225 cm³/mol. The lowest BCUT2D eigenvalue weighted by molar-refractivity contribution is 0.626. The van der Waals surface area contributed by atoms with Crippen molar-refractivity contribution in [3.05, 3.63) is 193 Å². The summed E-state index contributed by atoms with van der Waals surface area (Å²) in [5.74, 6) is 0.439. The van der Waals surface area contributed by atoms with Crippen LogP contribution in [0.5, 0.6) is 0 Å². The molecule has 0 saturated heterocycles. The molecule has 10 rings (SSSR count). The maximum Gasteiger partial charge on any atom is 0.0494 e. The maximum atomic E-state index is 3.79. The van der Waals surface area contributed by atoms with Crippen molar-refractivity contribution in [3.63, 3.8) is 0 Å². The fourth-order valence-corrected chi connectivity index (χ4v) is 9.26. The van der Waals surface area contributed by atoms with Crippen LogP contribution in [0.15, 0.2) is 176 Å². The molecule has 0 amide bonds. The monoisotopic (exact) mass is 665 g/mol. The van der Waals surface area contributed by atoms with Gasteiger partial charge in [-0.25, -0.2) is 0 Å². The van der Waals surface area contributed by atoms with Crippen LogP contribution in [-0.4, -0.2) is 4.57 Å². The van der Waals surface area contributed by atoms with Gasteiger partial charge in [-0.1, -0.05) is 152 Å². The molecule has 1 aromatic heterocycles. The molecule has 1 unspecified atom stereocenters. The molecule has 0 aliphatic heterocycles. The number of allylic oxidation sites excluding steroid dienone is 5. The first-order valence-corrected chi connectivity index (χ1v) is 18.6. The van der Waals surface area contributed by atoms with Gasteiger partial charge in [0.25, 0.3) is 0 Å². The number of aromatic nitrogens is 1. The van der Waals surface area contributed by atoms with Crippen molar-refractivity contribution < 1.29 is 0 Å². The molecule has 52 heavy (non-hydrogen) atoms. The van der Waals surface area contributed by atoms with Gasteiger partial charge in [0.2, 0.25) is 0 Å². The summed E-state index contributed by atoms with van der Waals surface area (Å²) in [6.45, 7) is 4.60. The third kappa shape index (κ3) is 4.84. The lowest BCUT2D eigenvalue weighted by Gasteiger charge is -2.29. The number of nitrogens with zero attached hydrogens (tertiary/aromatic N) is 1. The predicted octanol–water partition coefficient (Wildman–Crippen LogP) is 13.6. The Hall–Kier alpha value is -6.18. The third-order valence-corrected chi connectivity index (χ3v) is 11.5. The van der Waals surface area contributed by atoms with E-state index in [1.807, 2.05) is 18.2 Å². The Morgan fingerprint density at radius 2 is 1.33 bits per heavy atom. The van der Waals surface area contributed by atoms with Crippen LogP contribution in [0.1, 0.15) is 29.0 Å². The standard InChI is InChI=1S/C51H39N/c1-2-3-4-5-13-30-52-47-25-12-11-21-42(47)44-31-36(28-29-48(44)52)38-22-14-18-37-33-45-41-20-10-9-19-40(41)43-24-15-23-39-35(27-26-34-16-7-6-8-17-34)32-46(49(37)38)51(45)50(39)43/h2-25,28-29,31,33,35H,1,26-27,30,32H2/b4-3-,13-5-. The summed E-state index contributed by atoms with van der Waals surface area (Å²) in [5.41, 5.74) is 9.56. The van der Waals surface area contributed by atoms with E-state index >= 15 is 0 Å². The van der Waals surface area contributed by atoms with Crippen LogP contribution >= 0.6 is 0 Å². The van der Waals surface area contributed by atoms with E-state index < -0.39 is 0 Å². The second kappa shape index (κ2) is 12.5. The van der Waals surface area contributed by atoms with Crippen LogP contribution in [-0.2, 0) is 19.4 Å². The Bertz CT molecular complexity index is 2920. The highest BCUT2D eigenvalue weighted by atomic mass is 15.0. The molecule has 0 N–H and O–H groups in total. The van der Waals surface area contributed by atoms with Gasteiger partial charge >= 0.3 is 0 Å². The third-order valence-electron chi connectivity index (χ3n) is 11.5. The minimum absolute atomic E-state index is 0.439. The van der Waals surface area contributed by atoms with Gasteiger partial charge in [0.15, 0.2) is 0 Å². The molecule has 0 spiro atoms. The molecular formula is C51H39N. The molecule has 0 fully saturated rings. The lowest BCUT2D eigenvalue weighted by Crippen LogP contribution is -2.12. The number of fused-ring (bicyclic) bond motifs is 8. The normalized spacial score (nSPS) is 14.4. The van der Waals surface area contributed by atoms with Gasteiger partial charge in [-0.05, 0) is 120 Å². The van der Waals surface area contributed by atoms with E-state index in [-0.39, 0.29) is 0 Å². The molecule has 9 aromatic rings. The van der Waals surface area contributed by atoms with E-state index in [1.165, 1.54) is 92.7 Å². The number of para-hydroxylation sites is 1. The summed E-state index contributed by atoms with van der Waals surface area (Å²) in [7, 11) is 0. The summed E-state index contributed by atoms with van der Waals surface area (Å²) in [4.78, 5) is 0. The van der Waals surface area contributed by atoms with Crippen LogP contribution in [0.3, 0.4) is 0 Å². The van der Waals surface area contributed by atoms with Gasteiger partial charge in [0, 0.05) is 28.4 Å². The van der Waals surface area contributed by atoms with Crippen LogP contribution in [0.4, 0.5) is 0 Å². The molecule has 1 atom stereocenters. The second-order valence-corrected chi connectivity index (χ2v) is 14.3. The van der Waals surface area contributed by atoms with Gasteiger partial charge in [0.1, 0.15) is 0 Å². The van der Waals surface area contributed by atoms with E-state index in [4.69, 9.17) is 0 Å². The van der Waals surface area contributed by atoms with Crippen LogP contribution in [0.2, 0.25) is 0 Å². The summed E-state index contributed by atoms with van der Waals surface area (Å²) in [6, 6.07) is 52.6. The fraction of sp³-hybridized carbons (Fsp3) is 0.0980. The quantitative estimate of drug-likeness (QED) is 0.0865. The lowest BCUT2D eigenvalue weighted by atomic mass is 9.74. The molecule has 1 aliphatic rings. The van der Waals surface area contributed by atoms with Crippen LogP contribution in [0.25, 0.3) is 76.0 Å². The number of hydrogen-bond donors (Lipinski definition) is 0. The van der Waals surface area contributed by atoms with Crippen molar-refractivity contribution in [1.29, 1.82) is 0 Å². The Morgan fingerprint density at radius 1 is 0.577 bits per heavy atom. The highest BCUT2D eigenvalue weighted by Gasteiger charge is 2.28. The van der Waals surface area contributed by atoms with Crippen LogP contribution < -0.4 is 0 Å². The highest BCUT2D eigenvalue weighted by Crippen LogP contribution is 2.50. The Labute approximate surface area is 304 Å². The van der Waals surface area contributed by atoms with E-state index in [2.05, 4.69) is 163 Å². The fourth-order valence-electron chi connectivity index (χ4n) is 9.26. The van der Waals surface area contributed by atoms with Crippen molar-refractivity contribution in [3.8, 4) is 11.1 Å². The summed E-state index contributed by atoms with van der Waals surface area (Å²) < 4.78 is 2.43. The van der Waals surface area contributed by atoms with Gasteiger partial charge in [0.05, 0.1) is 0 Å². The van der Waals surface area contributed by atoms with Crippen molar-refractivity contribution >= 4 is 64.9 Å². The molecule has 1 heterocycles. The molecule has 248 valence electrons. The Kier molecular flexibility index (Phi) is 7.39. The summed E-state index contributed by atoms with van der Waals surface area (Å²) in [6.07, 6.45) is 13.4. The van der Waals surface area contributed by atoms with Gasteiger partial charge in [-0.3, -0.25) is 0 Å². The smallest absolute Gasteiger partial charge is 0.0494 e. The second-order valence-electron chi connectivity index (χ2n) is 14.3. The number of hydrogen-bond acceptors (Lipinski definition) is 0. The average Bonchev–Trinajstić information content (AvgIpc) is 3.52. The molecule has 1 nitrogen and oxygen atoms in total. The molecule has 0 bridgehead atoms. The Morgan fingerprint density at radius 3 is 2.19 bits per heavy atom. The van der Waals surface area contributed by atoms with E-state index in [1.54, 1.807) is 0 Å². The summed E-state index contributed by atoms with van der Waals surface area (Å²) >= 11 is 0. The molecular weight excluding hydrogens is 627 g/mol. The SMILES string of the molecule is C=C/C=C\C=C/Cn1c2ccccc2c2cc(-c3cccc4cc5c6ccccc6c6cccc7c6c5c(c34)CC7CCc3ccccc3)ccc21. The Balaban J connectivity index is 1.21. The first kappa shape index (κ1) is 30.6. The zero-order valence-corrected chi connectivity index (χ0v) is 29.2. The van der Waals surface area contributed by atoms with Crippen molar-refractivity contribution in [1.82, 2.24) is 4.57 Å². The largest absolute Gasteiger partial charge is 0.337 e. The van der Waals surface area contributed by atoms with Crippen molar-refractivity contribution in [2.45, 2.75) is 31.7 Å². The molecule has 0 saturated carbocycles. The minimum atomic E-state index is 0.439. The number of aryl methyl sites for hydroxylation is 1. The van der Waals surface area contributed by atoms with Crippen molar-refractivity contribution in [2.75, 3.05) is 0 Å². The van der Waals surface area contributed by atoms with Crippen molar-refractivity contribution in [2.24, 2.45) is 0 Å². The number of benzene rings is 8. The number of rotatable bonds is 8. The molecule has 8 aromatic carbocycles. The topological polar surface area (TPSA) is 4.93 Å². The average molecular weight is 666 g/mol. The van der Waals surface area contributed by atoms with E-state index in [9.17, 15) is 0 Å². The molecule has 1 heteroatoms. The first-order valence-electron chi connectivity index (χ1n) is 18.6. The van der Waals surface area contributed by atoms with E-state index in [0.29, 0.717) is 5.92 Å². The molecule has 1 aliphatic carbocycles. The van der Waals surface area contributed by atoms with Crippen LogP contribution in [0, 0.1) is 0 Å². The first-order chi connectivity index (χ1) is 25.8. The zero-order chi connectivity index (χ0) is 34.6. The maximum absolute atomic E-state index is 3.79. The summed E-state index contributed by atoms with van der Waals surface area (Å²) in [5, 5.41) is 13.7. The molecule has 0 radical (unpaired) electrons. The van der Waals surface area contributed by atoms with E-state index in [0.717, 1.165) is 25.8 Å². The highest BCUT2D eigenvalue weighted by molar-refractivity contribution is 6.30. The van der Waals surface area contributed by atoms with Gasteiger partial charge in [-0.2, -0.15) is 0 Å². The van der Waals surface area contributed by atoms with Gasteiger partial charge < -0.3 is 4.57 Å². The minimum Gasteiger partial charge on any atom is -0.337 e.